The normalized spacial score (nSPS) is 29.0. The number of benzene rings is 1. The van der Waals surface area contributed by atoms with E-state index in [1.807, 2.05) is 18.2 Å². The van der Waals surface area contributed by atoms with Crippen molar-refractivity contribution < 1.29 is 14.7 Å². The van der Waals surface area contributed by atoms with Gasteiger partial charge in [0.2, 0.25) is 5.91 Å². The quantitative estimate of drug-likeness (QED) is 0.461. The van der Waals surface area contributed by atoms with E-state index in [-0.39, 0.29) is 30.1 Å². The fraction of sp³-hybridized carbons (Fsp3) is 0.529. The summed E-state index contributed by atoms with van der Waals surface area (Å²) in [6.07, 6.45) is 2.72. The van der Waals surface area contributed by atoms with Crippen molar-refractivity contribution in [3.05, 3.63) is 30.3 Å². The molecule has 136 valence electrons. The molecule has 6 N–H and O–H groups in total. The standard InChI is InChI=1S/C17H25N5O3/c23-13-8-6-12(7-9-13)19-16(24)15-14(10-18-22-15)21-17(25)20-11-4-2-1-3-5-11/h1-5,12-15,18,22-23H,6-10H2,(H,19,24)(H2,20,21,25). The highest BCUT2D eigenvalue weighted by Crippen LogP contribution is 2.18. The summed E-state index contributed by atoms with van der Waals surface area (Å²) in [6, 6.07) is 8.00. The summed E-state index contributed by atoms with van der Waals surface area (Å²) >= 11 is 0. The Morgan fingerprint density at radius 2 is 1.76 bits per heavy atom. The van der Waals surface area contributed by atoms with E-state index in [0.29, 0.717) is 25.1 Å². The molecule has 1 aromatic rings. The summed E-state index contributed by atoms with van der Waals surface area (Å²) < 4.78 is 0. The highest BCUT2D eigenvalue weighted by molar-refractivity contribution is 5.90. The molecule has 0 bridgehead atoms. The summed E-state index contributed by atoms with van der Waals surface area (Å²) in [5.41, 5.74) is 6.54. The fourth-order valence-corrected chi connectivity index (χ4v) is 3.25. The number of aliphatic hydroxyl groups is 1. The van der Waals surface area contributed by atoms with Crippen LogP contribution in [0.4, 0.5) is 10.5 Å². The molecule has 1 saturated heterocycles. The molecule has 3 rings (SSSR count). The van der Waals surface area contributed by atoms with E-state index in [4.69, 9.17) is 0 Å². The summed E-state index contributed by atoms with van der Waals surface area (Å²) in [7, 11) is 0. The van der Waals surface area contributed by atoms with Crippen molar-refractivity contribution in [1.82, 2.24) is 21.5 Å². The van der Waals surface area contributed by atoms with E-state index in [9.17, 15) is 14.7 Å². The van der Waals surface area contributed by atoms with Gasteiger partial charge in [0, 0.05) is 18.3 Å². The molecule has 2 aliphatic rings. The van der Waals surface area contributed by atoms with Crippen LogP contribution in [0.3, 0.4) is 0 Å². The van der Waals surface area contributed by atoms with Crippen LogP contribution < -0.4 is 26.8 Å². The van der Waals surface area contributed by atoms with Crippen LogP contribution in [0.15, 0.2) is 30.3 Å². The first-order valence-electron chi connectivity index (χ1n) is 8.71. The zero-order chi connectivity index (χ0) is 17.6. The largest absolute Gasteiger partial charge is 0.393 e. The molecule has 0 spiro atoms. The number of rotatable bonds is 4. The van der Waals surface area contributed by atoms with Gasteiger partial charge in [0.25, 0.3) is 0 Å². The maximum absolute atomic E-state index is 12.5. The Balaban J connectivity index is 1.49. The zero-order valence-electron chi connectivity index (χ0n) is 14.0. The van der Waals surface area contributed by atoms with E-state index in [0.717, 1.165) is 12.8 Å². The molecular formula is C17H25N5O3. The molecule has 0 radical (unpaired) electrons. The Bertz CT molecular complexity index is 589. The molecule has 1 aliphatic heterocycles. The summed E-state index contributed by atoms with van der Waals surface area (Å²) in [4.78, 5) is 24.6. The van der Waals surface area contributed by atoms with E-state index in [1.165, 1.54) is 0 Å². The van der Waals surface area contributed by atoms with Gasteiger partial charge in [-0.05, 0) is 37.8 Å². The number of amides is 3. The lowest BCUT2D eigenvalue weighted by Gasteiger charge is -2.28. The van der Waals surface area contributed by atoms with Crippen LogP contribution in [0, 0.1) is 0 Å². The minimum absolute atomic E-state index is 0.0806. The molecule has 1 heterocycles. The number of aliphatic hydroxyl groups excluding tert-OH is 1. The number of hydrogen-bond acceptors (Lipinski definition) is 5. The lowest BCUT2D eigenvalue weighted by atomic mass is 9.93. The molecule has 2 atom stereocenters. The molecule has 25 heavy (non-hydrogen) atoms. The van der Waals surface area contributed by atoms with Gasteiger partial charge in [-0.3, -0.25) is 10.2 Å². The van der Waals surface area contributed by atoms with Gasteiger partial charge in [0.1, 0.15) is 6.04 Å². The van der Waals surface area contributed by atoms with Crippen LogP contribution in [0.5, 0.6) is 0 Å². The Morgan fingerprint density at radius 1 is 1.04 bits per heavy atom. The van der Waals surface area contributed by atoms with Crippen molar-refractivity contribution in [1.29, 1.82) is 0 Å². The molecule has 0 aromatic heterocycles. The maximum Gasteiger partial charge on any atom is 0.319 e. The first-order valence-corrected chi connectivity index (χ1v) is 8.71. The minimum atomic E-state index is -0.534. The number of anilines is 1. The van der Waals surface area contributed by atoms with Gasteiger partial charge in [0.15, 0.2) is 0 Å². The van der Waals surface area contributed by atoms with E-state index >= 15 is 0 Å². The molecule has 1 saturated carbocycles. The molecule has 1 aromatic carbocycles. The number of para-hydroxylation sites is 1. The number of hydrogen-bond donors (Lipinski definition) is 6. The highest BCUT2D eigenvalue weighted by atomic mass is 16.3. The summed E-state index contributed by atoms with van der Waals surface area (Å²) in [5.74, 6) is -0.142. The molecule has 2 fully saturated rings. The lowest BCUT2D eigenvalue weighted by molar-refractivity contribution is -0.124. The predicted octanol–water partition coefficient (Wildman–Crippen LogP) is 0.0728. The van der Waals surface area contributed by atoms with Gasteiger partial charge in [-0.2, -0.15) is 0 Å². The average molecular weight is 347 g/mol. The molecular weight excluding hydrogens is 322 g/mol. The Hall–Kier alpha value is -2.16. The monoisotopic (exact) mass is 347 g/mol. The number of nitrogens with one attached hydrogen (secondary N) is 5. The summed E-state index contributed by atoms with van der Waals surface area (Å²) in [6.45, 7) is 0.462. The number of carbonyl (C=O) groups is 2. The smallest absolute Gasteiger partial charge is 0.319 e. The topological polar surface area (TPSA) is 115 Å². The SMILES string of the molecule is O=C(Nc1ccccc1)NC1CNNC1C(=O)NC1CCC(O)CC1. The van der Waals surface area contributed by atoms with Crippen molar-refractivity contribution in [2.45, 2.75) is 49.9 Å². The van der Waals surface area contributed by atoms with Crippen molar-refractivity contribution in [3.63, 3.8) is 0 Å². The first-order chi connectivity index (χ1) is 12.1. The Labute approximate surface area is 146 Å². The third-order valence-electron chi connectivity index (χ3n) is 4.66. The fourth-order valence-electron chi connectivity index (χ4n) is 3.25. The van der Waals surface area contributed by atoms with Gasteiger partial charge in [-0.25, -0.2) is 10.2 Å². The third-order valence-corrected chi connectivity index (χ3v) is 4.66. The van der Waals surface area contributed by atoms with Gasteiger partial charge in [-0.1, -0.05) is 18.2 Å². The maximum atomic E-state index is 12.5. The molecule has 1 aliphatic carbocycles. The van der Waals surface area contributed by atoms with Crippen LogP contribution in [0.25, 0.3) is 0 Å². The van der Waals surface area contributed by atoms with Crippen molar-refractivity contribution in [3.8, 4) is 0 Å². The van der Waals surface area contributed by atoms with Crippen molar-refractivity contribution >= 4 is 17.6 Å². The van der Waals surface area contributed by atoms with Gasteiger partial charge >= 0.3 is 6.03 Å². The van der Waals surface area contributed by atoms with Crippen LogP contribution >= 0.6 is 0 Å². The van der Waals surface area contributed by atoms with Crippen molar-refractivity contribution in [2.24, 2.45) is 0 Å². The summed E-state index contributed by atoms with van der Waals surface area (Å²) in [5, 5.41) is 18.1. The second kappa shape index (κ2) is 8.28. The number of carbonyl (C=O) groups excluding carboxylic acids is 2. The second-order valence-corrected chi connectivity index (χ2v) is 6.59. The van der Waals surface area contributed by atoms with E-state index in [1.54, 1.807) is 12.1 Å². The predicted molar refractivity (Wildman–Crippen MR) is 93.7 cm³/mol. The van der Waals surface area contributed by atoms with Crippen LogP contribution in [-0.4, -0.2) is 47.8 Å². The van der Waals surface area contributed by atoms with E-state index in [2.05, 4.69) is 26.8 Å². The molecule has 3 amide bonds. The van der Waals surface area contributed by atoms with Crippen LogP contribution in [-0.2, 0) is 4.79 Å². The van der Waals surface area contributed by atoms with Gasteiger partial charge < -0.3 is 21.1 Å². The number of urea groups is 1. The average Bonchev–Trinajstić information content (AvgIpc) is 3.06. The molecule has 2 unspecified atom stereocenters. The third kappa shape index (κ3) is 4.91. The molecule has 8 heteroatoms. The minimum Gasteiger partial charge on any atom is -0.393 e. The Morgan fingerprint density at radius 3 is 2.48 bits per heavy atom. The zero-order valence-corrected chi connectivity index (χ0v) is 14.0. The lowest BCUT2D eigenvalue weighted by Crippen LogP contribution is -2.55. The van der Waals surface area contributed by atoms with E-state index < -0.39 is 6.04 Å². The molecule has 8 nitrogen and oxygen atoms in total. The van der Waals surface area contributed by atoms with Gasteiger partial charge in [0.05, 0.1) is 12.1 Å². The first kappa shape index (κ1) is 17.7. The number of hydrazine groups is 1. The highest BCUT2D eigenvalue weighted by Gasteiger charge is 2.35. The Kier molecular flexibility index (Phi) is 5.85. The second-order valence-electron chi connectivity index (χ2n) is 6.59. The van der Waals surface area contributed by atoms with Crippen LogP contribution in [0.1, 0.15) is 25.7 Å². The van der Waals surface area contributed by atoms with Crippen LogP contribution in [0.2, 0.25) is 0 Å². The van der Waals surface area contributed by atoms with Gasteiger partial charge in [-0.15, -0.1) is 0 Å². The van der Waals surface area contributed by atoms with Crippen molar-refractivity contribution in [2.75, 3.05) is 11.9 Å².